The fraction of sp³-hybridized carbons (Fsp3) is 0.900. The average molecular weight is 218 g/mol. The maximum Gasteiger partial charge on any atom is 0.246 e. The van der Waals surface area contributed by atoms with Crippen molar-refractivity contribution in [2.24, 2.45) is 0 Å². The summed E-state index contributed by atoms with van der Waals surface area (Å²) in [7, 11) is 0. The van der Waals surface area contributed by atoms with Gasteiger partial charge in [0.2, 0.25) is 5.91 Å². The Morgan fingerprint density at radius 2 is 2.00 bits per heavy atom. The van der Waals surface area contributed by atoms with Crippen LogP contribution in [0, 0.1) is 0 Å². The first-order chi connectivity index (χ1) is 7.02. The van der Waals surface area contributed by atoms with Crippen molar-refractivity contribution in [1.29, 1.82) is 0 Å². The summed E-state index contributed by atoms with van der Waals surface area (Å²) in [5.41, 5.74) is 0. The lowest BCUT2D eigenvalue weighted by molar-refractivity contribution is -0.127. The van der Waals surface area contributed by atoms with Crippen LogP contribution >= 0.6 is 0 Å². The molecule has 90 valence electrons. The average Bonchev–Trinajstić information content (AvgIpc) is 2.13. The monoisotopic (exact) mass is 218 g/mol. The molecule has 0 heterocycles. The summed E-state index contributed by atoms with van der Waals surface area (Å²) in [5.74, 6) is -0.109. The van der Waals surface area contributed by atoms with Crippen molar-refractivity contribution in [1.82, 2.24) is 10.6 Å². The topological polar surface area (TPSA) is 70.6 Å². The molecule has 0 fully saturated rings. The molecule has 0 aromatic rings. The van der Waals surface area contributed by atoms with Crippen LogP contribution in [0.4, 0.5) is 0 Å². The summed E-state index contributed by atoms with van der Waals surface area (Å²) < 4.78 is 5.13. The van der Waals surface area contributed by atoms with E-state index in [9.17, 15) is 4.79 Å². The molecule has 3 N–H and O–H groups in total. The van der Waals surface area contributed by atoms with E-state index in [1.807, 2.05) is 13.8 Å². The standard InChI is InChI=1S/C10H22N2O3/c1-8(2)15-7-10(14)12-5-4-11-6-9(3)13/h8-9,11,13H,4-7H2,1-3H3,(H,12,14). The van der Waals surface area contributed by atoms with Crippen LogP contribution in [-0.4, -0.2) is 49.5 Å². The van der Waals surface area contributed by atoms with Gasteiger partial charge in [0.25, 0.3) is 0 Å². The van der Waals surface area contributed by atoms with Crippen molar-refractivity contribution in [2.75, 3.05) is 26.2 Å². The zero-order valence-electron chi connectivity index (χ0n) is 9.75. The smallest absolute Gasteiger partial charge is 0.246 e. The molecule has 1 atom stereocenters. The van der Waals surface area contributed by atoms with E-state index in [0.29, 0.717) is 19.6 Å². The molecule has 0 aromatic heterocycles. The molecule has 0 aliphatic heterocycles. The van der Waals surface area contributed by atoms with Crippen molar-refractivity contribution >= 4 is 5.91 Å². The predicted octanol–water partition coefficient (Wildman–Crippen LogP) is -0.502. The van der Waals surface area contributed by atoms with Crippen molar-refractivity contribution < 1.29 is 14.6 Å². The second-order valence-electron chi connectivity index (χ2n) is 3.76. The Hall–Kier alpha value is -0.650. The molecule has 0 spiro atoms. The van der Waals surface area contributed by atoms with Crippen LogP contribution in [0.5, 0.6) is 0 Å². The zero-order valence-corrected chi connectivity index (χ0v) is 9.75. The predicted molar refractivity (Wildman–Crippen MR) is 58.6 cm³/mol. The number of hydrogen-bond donors (Lipinski definition) is 3. The summed E-state index contributed by atoms with van der Waals surface area (Å²) in [6, 6.07) is 0. The Kier molecular flexibility index (Phi) is 8.27. The van der Waals surface area contributed by atoms with E-state index in [4.69, 9.17) is 9.84 Å². The van der Waals surface area contributed by atoms with Crippen LogP contribution in [0.15, 0.2) is 0 Å². The minimum atomic E-state index is -0.357. The number of aliphatic hydroxyl groups excluding tert-OH is 1. The van der Waals surface area contributed by atoms with Crippen LogP contribution in [0.2, 0.25) is 0 Å². The quantitative estimate of drug-likeness (QED) is 0.480. The molecule has 0 bridgehead atoms. The summed E-state index contributed by atoms with van der Waals surface area (Å²) in [4.78, 5) is 11.1. The normalized spacial score (nSPS) is 12.9. The SMILES string of the molecule is CC(O)CNCCNC(=O)COC(C)C. The summed E-state index contributed by atoms with van der Waals surface area (Å²) in [5, 5.41) is 14.6. The fourth-order valence-electron chi connectivity index (χ4n) is 0.895. The van der Waals surface area contributed by atoms with Gasteiger partial charge in [-0.2, -0.15) is 0 Å². The highest BCUT2D eigenvalue weighted by molar-refractivity contribution is 5.77. The molecule has 0 radical (unpaired) electrons. The van der Waals surface area contributed by atoms with Crippen LogP contribution in [-0.2, 0) is 9.53 Å². The minimum absolute atomic E-state index is 0.0733. The van der Waals surface area contributed by atoms with Gasteiger partial charge in [0, 0.05) is 19.6 Å². The van der Waals surface area contributed by atoms with Gasteiger partial charge in [-0.05, 0) is 20.8 Å². The molecule has 5 nitrogen and oxygen atoms in total. The Morgan fingerprint density at radius 3 is 2.53 bits per heavy atom. The molecule has 0 aliphatic carbocycles. The first kappa shape index (κ1) is 14.3. The van der Waals surface area contributed by atoms with Gasteiger partial charge in [0.05, 0.1) is 12.2 Å². The zero-order chi connectivity index (χ0) is 11.7. The Bertz CT molecular complexity index is 172. The third-order valence-electron chi connectivity index (χ3n) is 1.61. The molecule has 0 saturated carbocycles. The number of carbonyl (C=O) groups excluding carboxylic acids is 1. The van der Waals surface area contributed by atoms with Crippen molar-refractivity contribution in [2.45, 2.75) is 33.0 Å². The van der Waals surface area contributed by atoms with Crippen LogP contribution in [0.3, 0.4) is 0 Å². The number of carbonyl (C=O) groups is 1. The van der Waals surface area contributed by atoms with Crippen molar-refractivity contribution in [3.8, 4) is 0 Å². The van der Waals surface area contributed by atoms with Crippen LogP contribution in [0.1, 0.15) is 20.8 Å². The summed E-state index contributed by atoms with van der Waals surface area (Å²) in [6.07, 6.45) is -0.283. The van der Waals surface area contributed by atoms with Gasteiger partial charge in [-0.3, -0.25) is 4.79 Å². The molecule has 0 saturated heterocycles. The Morgan fingerprint density at radius 1 is 1.33 bits per heavy atom. The largest absolute Gasteiger partial charge is 0.392 e. The van der Waals surface area contributed by atoms with E-state index < -0.39 is 0 Å². The van der Waals surface area contributed by atoms with Crippen LogP contribution < -0.4 is 10.6 Å². The number of aliphatic hydroxyl groups is 1. The van der Waals surface area contributed by atoms with E-state index in [0.717, 1.165) is 0 Å². The molecular weight excluding hydrogens is 196 g/mol. The van der Waals surface area contributed by atoms with Gasteiger partial charge in [-0.1, -0.05) is 0 Å². The molecule has 15 heavy (non-hydrogen) atoms. The maximum absolute atomic E-state index is 11.1. The maximum atomic E-state index is 11.1. The van der Waals surface area contributed by atoms with Crippen molar-refractivity contribution in [3.05, 3.63) is 0 Å². The molecule has 0 aromatic carbocycles. The van der Waals surface area contributed by atoms with E-state index >= 15 is 0 Å². The highest BCUT2D eigenvalue weighted by Gasteiger charge is 2.02. The third-order valence-corrected chi connectivity index (χ3v) is 1.61. The van der Waals surface area contributed by atoms with Gasteiger partial charge in [-0.15, -0.1) is 0 Å². The number of rotatable bonds is 8. The lowest BCUT2D eigenvalue weighted by atomic mass is 10.4. The minimum Gasteiger partial charge on any atom is -0.392 e. The molecular formula is C10H22N2O3. The van der Waals surface area contributed by atoms with Gasteiger partial charge in [0.1, 0.15) is 6.61 Å². The lowest BCUT2D eigenvalue weighted by Gasteiger charge is -2.09. The molecule has 0 aliphatic rings. The number of ether oxygens (including phenoxy) is 1. The van der Waals surface area contributed by atoms with E-state index in [1.165, 1.54) is 0 Å². The summed E-state index contributed by atoms with van der Waals surface area (Å²) >= 11 is 0. The van der Waals surface area contributed by atoms with E-state index in [-0.39, 0.29) is 24.7 Å². The van der Waals surface area contributed by atoms with E-state index in [1.54, 1.807) is 6.92 Å². The van der Waals surface area contributed by atoms with Crippen molar-refractivity contribution in [3.63, 3.8) is 0 Å². The highest BCUT2D eigenvalue weighted by atomic mass is 16.5. The molecule has 5 heteroatoms. The van der Waals surface area contributed by atoms with Gasteiger partial charge in [0.15, 0.2) is 0 Å². The second-order valence-corrected chi connectivity index (χ2v) is 3.76. The van der Waals surface area contributed by atoms with Gasteiger partial charge >= 0.3 is 0 Å². The second kappa shape index (κ2) is 8.64. The molecule has 1 amide bonds. The van der Waals surface area contributed by atoms with Gasteiger partial charge in [-0.25, -0.2) is 0 Å². The fourth-order valence-corrected chi connectivity index (χ4v) is 0.895. The first-order valence-corrected chi connectivity index (χ1v) is 5.29. The molecule has 0 rings (SSSR count). The van der Waals surface area contributed by atoms with Gasteiger partial charge < -0.3 is 20.5 Å². The number of hydrogen-bond acceptors (Lipinski definition) is 4. The third kappa shape index (κ3) is 11.3. The van der Waals surface area contributed by atoms with E-state index in [2.05, 4.69) is 10.6 Å². The highest BCUT2D eigenvalue weighted by Crippen LogP contribution is 1.85. The summed E-state index contributed by atoms with van der Waals surface area (Å²) in [6.45, 7) is 7.33. The first-order valence-electron chi connectivity index (χ1n) is 5.29. The van der Waals surface area contributed by atoms with Crippen LogP contribution in [0.25, 0.3) is 0 Å². The molecule has 1 unspecified atom stereocenters. The Labute approximate surface area is 91.2 Å². The number of amides is 1. The lowest BCUT2D eigenvalue weighted by Crippen LogP contribution is -2.36. The number of nitrogens with one attached hydrogen (secondary N) is 2. The Balaban J connectivity index is 3.24.